The Morgan fingerprint density at radius 1 is 0.657 bits per heavy atom. The highest BCUT2D eigenvalue weighted by Gasteiger charge is 2.21. The molecule has 0 aliphatic carbocycles. The number of benzene rings is 4. The van der Waals surface area contributed by atoms with Crippen LogP contribution in [-0.4, -0.2) is 40.6 Å². The highest BCUT2D eigenvalue weighted by atomic mass is 15.3. The Hall–Kier alpha value is -3.89. The van der Waals surface area contributed by atoms with Crippen LogP contribution in [0.15, 0.2) is 116 Å². The zero-order valence-corrected chi connectivity index (χ0v) is 19.9. The molecule has 35 heavy (non-hydrogen) atoms. The van der Waals surface area contributed by atoms with Crippen molar-refractivity contribution in [3.63, 3.8) is 0 Å². The van der Waals surface area contributed by atoms with E-state index in [9.17, 15) is 0 Å². The van der Waals surface area contributed by atoms with Crippen LogP contribution < -0.4 is 4.90 Å². The van der Waals surface area contributed by atoms with Crippen molar-refractivity contribution in [2.24, 2.45) is 0 Å². The van der Waals surface area contributed by atoms with Gasteiger partial charge in [-0.15, -0.1) is 0 Å². The molecule has 6 rings (SSSR count). The SMILES string of the molecule is c1ccc(CN2CCN(c3ccc4ncn(C(c5ccccc5)c5ccccc5)c4c3)CC2)cc1. The van der Waals surface area contributed by atoms with Crippen LogP contribution in [0.2, 0.25) is 0 Å². The third-order valence-corrected chi connectivity index (χ3v) is 7.05. The molecule has 1 saturated heterocycles. The lowest BCUT2D eigenvalue weighted by Gasteiger charge is -2.36. The Bertz CT molecular complexity index is 1330. The molecule has 5 aromatic rings. The average molecular weight is 459 g/mol. The van der Waals surface area contributed by atoms with Crippen molar-refractivity contribution in [2.45, 2.75) is 12.6 Å². The summed E-state index contributed by atoms with van der Waals surface area (Å²) in [4.78, 5) is 9.84. The van der Waals surface area contributed by atoms with Crippen LogP contribution in [0.4, 0.5) is 5.69 Å². The molecule has 1 aliphatic rings. The van der Waals surface area contributed by atoms with E-state index in [0.717, 1.165) is 38.2 Å². The maximum absolute atomic E-state index is 4.77. The molecule has 1 aromatic heterocycles. The van der Waals surface area contributed by atoms with E-state index < -0.39 is 0 Å². The van der Waals surface area contributed by atoms with Crippen LogP contribution in [0.3, 0.4) is 0 Å². The maximum atomic E-state index is 4.77. The molecular weight excluding hydrogens is 428 g/mol. The summed E-state index contributed by atoms with van der Waals surface area (Å²) in [5.41, 5.74) is 7.40. The number of rotatable bonds is 6. The van der Waals surface area contributed by atoms with E-state index in [0.29, 0.717) is 0 Å². The molecule has 2 heterocycles. The largest absolute Gasteiger partial charge is 0.369 e. The predicted molar refractivity (Wildman–Crippen MR) is 144 cm³/mol. The Morgan fingerprint density at radius 2 is 1.26 bits per heavy atom. The second-order valence-electron chi connectivity index (χ2n) is 9.30. The first kappa shape index (κ1) is 21.6. The van der Waals surface area contributed by atoms with E-state index in [4.69, 9.17) is 4.98 Å². The number of aromatic nitrogens is 2. The number of nitrogens with zero attached hydrogens (tertiary/aromatic N) is 4. The van der Waals surface area contributed by atoms with E-state index in [1.54, 1.807) is 0 Å². The Balaban J connectivity index is 1.28. The molecule has 4 nitrogen and oxygen atoms in total. The van der Waals surface area contributed by atoms with Crippen molar-refractivity contribution in [1.29, 1.82) is 0 Å². The van der Waals surface area contributed by atoms with Crippen molar-refractivity contribution >= 4 is 16.7 Å². The van der Waals surface area contributed by atoms with Gasteiger partial charge in [0.1, 0.15) is 0 Å². The summed E-state index contributed by atoms with van der Waals surface area (Å²) < 4.78 is 2.33. The van der Waals surface area contributed by atoms with E-state index in [1.807, 2.05) is 6.33 Å². The monoisotopic (exact) mass is 458 g/mol. The second kappa shape index (κ2) is 9.77. The first-order valence-electron chi connectivity index (χ1n) is 12.4. The van der Waals surface area contributed by atoms with Gasteiger partial charge >= 0.3 is 0 Å². The van der Waals surface area contributed by atoms with Crippen LogP contribution in [-0.2, 0) is 6.54 Å². The molecule has 0 spiro atoms. The molecule has 0 N–H and O–H groups in total. The quantitative estimate of drug-likeness (QED) is 0.312. The van der Waals surface area contributed by atoms with Crippen molar-refractivity contribution in [3.05, 3.63) is 132 Å². The topological polar surface area (TPSA) is 24.3 Å². The van der Waals surface area contributed by atoms with Crippen molar-refractivity contribution in [3.8, 4) is 0 Å². The zero-order chi connectivity index (χ0) is 23.5. The molecule has 0 bridgehead atoms. The summed E-state index contributed by atoms with van der Waals surface area (Å²) in [5, 5.41) is 0. The minimum atomic E-state index is 0.0837. The fourth-order valence-corrected chi connectivity index (χ4v) is 5.21. The number of fused-ring (bicyclic) bond motifs is 1. The van der Waals surface area contributed by atoms with Gasteiger partial charge in [0.25, 0.3) is 0 Å². The Morgan fingerprint density at radius 3 is 1.89 bits per heavy atom. The van der Waals surface area contributed by atoms with E-state index in [-0.39, 0.29) is 6.04 Å². The third kappa shape index (κ3) is 4.58. The lowest BCUT2D eigenvalue weighted by Crippen LogP contribution is -2.45. The minimum absolute atomic E-state index is 0.0837. The maximum Gasteiger partial charge on any atom is 0.0966 e. The lowest BCUT2D eigenvalue weighted by atomic mass is 9.98. The molecule has 0 amide bonds. The van der Waals surface area contributed by atoms with Gasteiger partial charge in [-0.25, -0.2) is 4.98 Å². The van der Waals surface area contributed by atoms with Crippen LogP contribution >= 0.6 is 0 Å². The molecule has 1 fully saturated rings. The van der Waals surface area contributed by atoms with Gasteiger partial charge in [0.05, 0.1) is 23.4 Å². The van der Waals surface area contributed by atoms with Gasteiger partial charge in [-0.05, 0) is 34.9 Å². The van der Waals surface area contributed by atoms with Gasteiger partial charge in [0, 0.05) is 38.4 Å². The molecule has 0 saturated carbocycles. The van der Waals surface area contributed by atoms with Gasteiger partial charge in [-0.1, -0.05) is 91.0 Å². The second-order valence-corrected chi connectivity index (χ2v) is 9.30. The van der Waals surface area contributed by atoms with Gasteiger partial charge < -0.3 is 9.47 Å². The van der Waals surface area contributed by atoms with E-state index in [2.05, 4.69) is 124 Å². The number of hydrogen-bond donors (Lipinski definition) is 0. The fraction of sp³-hybridized carbons (Fsp3) is 0.194. The highest BCUT2D eigenvalue weighted by molar-refractivity contribution is 5.80. The zero-order valence-electron chi connectivity index (χ0n) is 19.9. The smallest absolute Gasteiger partial charge is 0.0966 e. The van der Waals surface area contributed by atoms with E-state index >= 15 is 0 Å². The van der Waals surface area contributed by atoms with Crippen LogP contribution in [0, 0.1) is 0 Å². The van der Waals surface area contributed by atoms with E-state index in [1.165, 1.54) is 27.9 Å². The lowest BCUT2D eigenvalue weighted by molar-refractivity contribution is 0.250. The molecular formula is C31H30N4. The van der Waals surface area contributed by atoms with Gasteiger partial charge in [-0.2, -0.15) is 0 Å². The van der Waals surface area contributed by atoms with Gasteiger partial charge in [-0.3, -0.25) is 4.90 Å². The molecule has 174 valence electrons. The molecule has 4 aromatic carbocycles. The Labute approximate surface area is 207 Å². The molecule has 0 unspecified atom stereocenters. The highest BCUT2D eigenvalue weighted by Crippen LogP contribution is 2.32. The number of piperazine rings is 1. The van der Waals surface area contributed by atoms with Crippen LogP contribution in [0.1, 0.15) is 22.7 Å². The standard InChI is InChI=1S/C31H30N4/c1-4-10-25(11-5-1)23-33-18-20-34(21-19-33)28-16-17-29-30(22-28)35(24-32-29)31(26-12-6-2-7-13-26)27-14-8-3-9-15-27/h1-17,22,24,31H,18-21,23H2. The molecule has 0 atom stereocenters. The van der Waals surface area contributed by atoms with Crippen molar-refractivity contribution < 1.29 is 0 Å². The average Bonchev–Trinajstić information content (AvgIpc) is 3.34. The minimum Gasteiger partial charge on any atom is -0.369 e. The molecule has 1 aliphatic heterocycles. The normalized spacial score (nSPS) is 14.6. The van der Waals surface area contributed by atoms with Gasteiger partial charge in [0.15, 0.2) is 0 Å². The summed E-state index contributed by atoms with van der Waals surface area (Å²) in [6, 6.07) is 39.0. The number of hydrogen-bond acceptors (Lipinski definition) is 3. The fourth-order valence-electron chi connectivity index (χ4n) is 5.21. The summed E-state index contributed by atoms with van der Waals surface area (Å²) in [6.45, 7) is 5.24. The first-order chi connectivity index (χ1) is 17.3. The van der Waals surface area contributed by atoms with Crippen LogP contribution in [0.25, 0.3) is 11.0 Å². The predicted octanol–water partition coefficient (Wildman–Crippen LogP) is 6.00. The van der Waals surface area contributed by atoms with Gasteiger partial charge in [0.2, 0.25) is 0 Å². The summed E-state index contributed by atoms with van der Waals surface area (Å²) in [6.07, 6.45) is 2.00. The first-order valence-corrected chi connectivity index (χ1v) is 12.4. The summed E-state index contributed by atoms with van der Waals surface area (Å²) >= 11 is 0. The summed E-state index contributed by atoms with van der Waals surface area (Å²) in [5.74, 6) is 0. The number of anilines is 1. The van der Waals surface area contributed by atoms with Crippen molar-refractivity contribution in [1.82, 2.24) is 14.5 Å². The summed E-state index contributed by atoms with van der Waals surface area (Å²) in [7, 11) is 0. The van der Waals surface area contributed by atoms with Crippen LogP contribution in [0.5, 0.6) is 0 Å². The van der Waals surface area contributed by atoms with Crippen molar-refractivity contribution in [2.75, 3.05) is 31.1 Å². The third-order valence-electron chi connectivity index (χ3n) is 7.05. The molecule has 0 radical (unpaired) electrons. The molecule has 4 heteroatoms. The number of imidazole rings is 1. The Kier molecular flexibility index (Phi) is 6.04.